The van der Waals surface area contributed by atoms with Gasteiger partial charge in [-0.2, -0.15) is 0 Å². The molecule has 0 unspecified atom stereocenters. The van der Waals surface area contributed by atoms with E-state index < -0.39 is 5.60 Å². The number of ether oxygens (including phenoxy) is 1. The first-order chi connectivity index (χ1) is 12.9. The van der Waals surface area contributed by atoms with Crippen molar-refractivity contribution in [2.24, 2.45) is 0 Å². The Bertz CT molecular complexity index is 926. The number of rotatable bonds is 2. The van der Waals surface area contributed by atoms with Gasteiger partial charge in [0.05, 0.1) is 0 Å². The van der Waals surface area contributed by atoms with Crippen molar-refractivity contribution in [2.75, 3.05) is 13.1 Å². The van der Waals surface area contributed by atoms with Crippen molar-refractivity contribution >= 4 is 17.0 Å². The molecule has 1 fully saturated rings. The zero-order valence-electron chi connectivity index (χ0n) is 16.2. The minimum atomic E-state index is -0.470. The van der Waals surface area contributed by atoms with Crippen LogP contribution in [0.2, 0.25) is 0 Å². The molecule has 1 aliphatic rings. The van der Waals surface area contributed by atoms with Crippen LogP contribution in [-0.4, -0.2) is 39.7 Å². The fourth-order valence-electron chi connectivity index (χ4n) is 4.18. The van der Waals surface area contributed by atoms with Crippen molar-refractivity contribution in [3.8, 4) is 0 Å². The Hall–Kier alpha value is -2.69. The molecule has 1 amide bonds. The number of nitrogens with zero attached hydrogens (tertiary/aromatic N) is 1. The van der Waals surface area contributed by atoms with Gasteiger partial charge in [-0.1, -0.05) is 18.2 Å². The summed E-state index contributed by atoms with van der Waals surface area (Å²) >= 11 is 0. The Morgan fingerprint density at radius 2 is 1.81 bits per heavy atom. The van der Waals surface area contributed by atoms with E-state index in [2.05, 4.69) is 46.5 Å². The van der Waals surface area contributed by atoms with E-state index in [1.54, 1.807) is 0 Å². The average Bonchev–Trinajstić information content (AvgIpc) is 3.31. The van der Waals surface area contributed by atoms with Crippen LogP contribution < -0.4 is 0 Å². The fourth-order valence-corrected chi connectivity index (χ4v) is 4.18. The Labute approximate surface area is 159 Å². The number of H-pyrrole nitrogens is 2. The number of fused-ring (bicyclic) bond motifs is 1. The fraction of sp³-hybridized carbons (Fsp3) is 0.409. The number of amides is 1. The predicted octanol–water partition coefficient (Wildman–Crippen LogP) is 4.81. The van der Waals surface area contributed by atoms with E-state index in [1.807, 2.05) is 37.9 Å². The number of nitrogens with one attached hydrogen (secondary N) is 2. The molecular weight excluding hydrogens is 338 g/mol. The summed E-state index contributed by atoms with van der Waals surface area (Å²) in [7, 11) is 0. The molecule has 0 spiro atoms. The molecule has 0 bridgehead atoms. The zero-order chi connectivity index (χ0) is 19.1. The lowest BCUT2D eigenvalue weighted by molar-refractivity contribution is 0.0179. The summed E-state index contributed by atoms with van der Waals surface area (Å²) in [6.07, 6.45) is 5.60. The van der Waals surface area contributed by atoms with Crippen LogP contribution in [0.4, 0.5) is 4.79 Å². The highest BCUT2D eigenvalue weighted by molar-refractivity contribution is 5.85. The quantitative estimate of drug-likeness (QED) is 0.684. The van der Waals surface area contributed by atoms with E-state index in [1.165, 1.54) is 16.6 Å². The van der Waals surface area contributed by atoms with Crippen LogP contribution in [0.15, 0.2) is 48.8 Å². The van der Waals surface area contributed by atoms with Crippen LogP contribution >= 0.6 is 0 Å². The van der Waals surface area contributed by atoms with E-state index in [4.69, 9.17) is 4.74 Å². The lowest BCUT2D eigenvalue weighted by Crippen LogP contribution is -2.47. The minimum Gasteiger partial charge on any atom is -0.444 e. The van der Waals surface area contributed by atoms with Crippen LogP contribution in [0.5, 0.6) is 0 Å². The summed E-state index contributed by atoms with van der Waals surface area (Å²) in [6, 6.07) is 12.6. The van der Waals surface area contributed by atoms with E-state index in [0.29, 0.717) is 13.1 Å². The van der Waals surface area contributed by atoms with Gasteiger partial charge in [-0.15, -0.1) is 0 Å². The predicted molar refractivity (Wildman–Crippen MR) is 107 cm³/mol. The van der Waals surface area contributed by atoms with Crippen molar-refractivity contribution in [2.45, 2.75) is 44.6 Å². The van der Waals surface area contributed by atoms with Gasteiger partial charge in [0.1, 0.15) is 5.60 Å². The number of carbonyl (C=O) groups excluding carboxylic acids is 1. The molecule has 3 aromatic rings. The summed E-state index contributed by atoms with van der Waals surface area (Å²) in [5, 5.41) is 1.25. The lowest BCUT2D eigenvalue weighted by atomic mass is 9.70. The van der Waals surface area contributed by atoms with Gasteiger partial charge >= 0.3 is 6.09 Å². The Morgan fingerprint density at radius 3 is 2.48 bits per heavy atom. The second-order valence-electron chi connectivity index (χ2n) is 8.38. The molecule has 4 rings (SSSR count). The van der Waals surface area contributed by atoms with Crippen LogP contribution in [0, 0.1) is 0 Å². The van der Waals surface area contributed by atoms with Crippen molar-refractivity contribution in [1.82, 2.24) is 14.9 Å². The third kappa shape index (κ3) is 3.22. The normalized spacial score (nSPS) is 17.2. The summed E-state index contributed by atoms with van der Waals surface area (Å²) in [6.45, 7) is 7.07. The molecule has 0 saturated carbocycles. The summed E-state index contributed by atoms with van der Waals surface area (Å²) in [4.78, 5) is 21.2. The maximum absolute atomic E-state index is 12.5. The molecule has 0 aliphatic carbocycles. The molecule has 1 saturated heterocycles. The van der Waals surface area contributed by atoms with Crippen molar-refractivity contribution in [3.63, 3.8) is 0 Å². The van der Waals surface area contributed by atoms with Gasteiger partial charge in [-0.05, 0) is 57.4 Å². The number of hydrogen-bond donors (Lipinski definition) is 2. The summed E-state index contributed by atoms with van der Waals surface area (Å²) in [5.74, 6) is 0. The molecule has 1 aliphatic heterocycles. The minimum absolute atomic E-state index is 0.137. The smallest absolute Gasteiger partial charge is 0.410 e. The summed E-state index contributed by atoms with van der Waals surface area (Å²) in [5.41, 5.74) is 3.04. The second kappa shape index (κ2) is 6.48. The Kier molecular flexibility index (Phi) is 4.25. The highest BCUT2D eigenvalue weighted by Crippen LogP contribution is 2.44. The van der Waals surface area contributed by atoms with Crippen molar-refractivity contribution < 1.29 is 9.53 Å². The van der Waals surface area contributed by atoms with Crippen LogP contribution in [0.1, 0.15) is 44.9 Å². The Balaban J connectivity index is 1.66. The second-order valence-corrected chi connectivity index (χ2v) is 8.38. The monoisotopic (exact) mass is 365 g/mol. The largest absolute Gasteiger partial charge is 0.444 e. The number of para-hydroxylation sites is 1. The average molecular weight is 365 g/mol. The van der Waals surface area contributed by atoms with Gasteiger partial charge in [0, 0.05) is 47.5 Å². The van der Waals surface area contributed by atoms with E-state index in [0.717, 1.165) is 18.4 Å². The SMILES string of the molecule is CC(C)(C)OC(=O)N1CCC(c2ccc[nH]2)(c2c[nH]c3ccccc23)CC1. The molecule has 0 radical (unpaired) electrons. The molecule has 0 atom stereocenters. The highest BCUT2D eigenvalue weighted by Gasteiger charge is 2.41. The molecule has 3 heterocycles. The number of piperidine rings is 1. The van der Waals surface area contributed by atoms with Gasteiger partial charge in [-0.3, -0.25) is 0 Å². The number of benzene rings is 1. The van der Waals surface area contributed by atoms with Crippen LogP contribution in [0.25, 0.3) is 10.9 Å². The first kappa shape index (κ1) is 17.7. The van der Waals surface area contributed by atoms with Gasteiger partial charge in [-0.25, -0.2) is 4.79 Å². The Morgan fingerprint density at radius 1 is 1.07 bits per heavy atom. The lowest BCUT2D eigenvalue weighted by Gasteiger charge is -2.41. The van der Waals surface area contributed by atoms with E-state index in [9.17, 15) is 4.79 Å². The molecule has 2 aromatic heterocycles. The van der Waals surface area contributed by atoms with E-state index >= 15 is 0 Å². The van der Waals surface area contributed by atoms with E-state index in [-0.39, 0.29) is 11.5 Å². The number of aromatic amines is 2. The van der Waals surface area contributed by atoms with Gasteiger partial charge in [0.25, 0.3) is 0 Å². The van der Waals surface area contributed by atoms with Gasteiger partial charge < -0.3 is 19.6 Å². The molecule has 1 aromatic carbocycles. The maximum atomic E-state index is 12.5. The molecule has 2 N–H and O–H groups in total. The number of carbonyl (C=O) groups is 1. The topological polar surface area (TPSA) is 61.1 Å². The third-order valence-electron chi connectivity index (χ3n) is 5.49. The molecule has 5 nitrogen and oxygen atoms in total. The van der Waals surface area contributed by atoms with Gasteiger partial charge in [0.2, 0.25) is 0 Å². The first-order valence-corrected chi connectivity index (χ1v) is 9.57. The number of likely N-dealkylation sites (tertiary alicyclic amines) is 1. The third-order valence-corrected chi connectivity index (χ3v) is 5.49. The number of aromatic nitrogens is 2. The van der Waals surface area contributed by atoms with Crippen LogP contribution in [0.3, 0.4) is 0 Å². The van der Waals surface area contributed by atoms with Crippen molar-refractivity contribution in [1.29, 1.82) is 0 Å². The summed E-state index contributed by atoms with van der Waals surface area (Å²) < 4.78 is 5.57. The maximum Gasteiger partial charge on any atom is 0.410 e. The molecule has 27 heavy (non-hydrogen) atoms. The standard InChI is InChI=1S/C22H27N3O2/c1-21(2,3)27-20(26)25-13-10-22(11-14-25,19-9-6-12-23-19)17-15-24-18-8-5-4-7-16(17)18/h4-9,12,15,23-24H,10-11,13-14H2,1-3H3. The molecular formula is C22H27N3O2. The molecule has 5 heteroatoms. The van der Waals surface area contributed by atoms with Gasteiger partial charge in [0.15, 0.2) is 0 Å². The van der Waals surface area contributed by atoms with Crippen molar-refractivity contribution in [3.05, 3.63) is 60.0 Å². The molecule has 142 valence electrons. The number of hydrogen-bond acceptors (Lipinski definition) is 2. The zero-order valence-corrected chi connectivity index (χ0v) is 16.2. The highest BCUT2D eigenvalue weighted by atomic mass is 16.6. The van der Waals surface area contributed by atoms with Crippen LogP contribution in [-0.2, 0) is 10.2 Å². The first-order valence-electron chi connectivity index (χ1n) is 9.57.